The van der Waals surface area contributed by atoms with E-state index in [-0.39, 0.29) is 69.0 Å². The Balaban J connectivity index is 0.631. The van der Waals surface area contributed by atoms with E-state index in [1.165, 1.54) is 39.7 Å². The summed E-state index contributed by atoms with van der Waals surface area (Å²) >= 11 is 4.31. The number of halogens is 1. The number of aliphatic hydroxyl groups is 1. The molecule has 0 radical (unpaired) electrons. The summed E-state index contributed by atoms with van der Waals surface area (Å²) < 4.78 is 51.7. The summed E-state index contributed by atoms with van der Waals surface area (Å²) in [6.45, 7) is 14.3. The number of aromatic carboxylic acids is 1. The van der Waals surface area contributed by atoms with Gasteiger partial charge in [0.2, 0.25) is 17.7 Å². The van der Waals surface area contributed by atoms with Gasteiger partial charge in [-0.2, -0.15) is 0 Å². The second-order valence-corrected chi connectivity index (χ2v) is 27.3. The molecule has 528 valence electrons. The van der Waals surface area contributed by atoms with Gasteiger partial charge >= 0.3 is 5.97 Å². The van der Waals surface area contributed by atoms with Gasteiger partial charge in [-0.3, -0.25) is 14.4 Å². The number of amides is 3. The number of aryl methyl sites for hydroxylation is 4. The quantitative estimate of drug-likeness (QED) is 0.0157. The average molecular weight is 1420 g/mol. The highest BCUT2D eigenvalue weighted by molar-refractivity contribution is 7.22. The van der Waals surface area contributed by atoms with Crippen molar-refractivity contribution >= 4 is 89.8 Å². The van der Waals surface area contributed by atoms with Crippen molar-refractivity contribution in [2.24, 2.45) is 5.41 Å². The highest BCUT2D eigenvalue weighted by Crippen LogP contribution is 2.35. The van der Waals surface area contributed by atoms with Crippen LogP contribution in [0.15, 0.2) is 84.5 Å². The maximum atomic E-state index is 14.9. The van der Waals surface area contributed by atoms with E-state index in [4.69, 9.17) is 28.4 Å². The smallest absolute Gasteiger partial charge is 0.355 e. The fraction of sp³-hybridized carbons (Fsp3) is 0.464. The van der Waals surface area contributed by atoms with Crippen LogP contribution in [0.5, 0.6) is 5.75 Å². The molecule has 1 saturated heterocycles. The molecular formula is C69H85FN14O12S3. The zero-order valence-electron chi connectivity index (χ0n) is 56.4. The number of rotatable bonds is 39. The molecule has 1 aliphatic heterocycles. The number of nitrogens with one attached hydrogen (secondary N) is 4. The SMILES string of the molecule is CNCC#Cc1ccc(OCCCc2sc(N(CCCc3cn(CCOCCOCCOCCOCCOCCC(=O)N[C@H](C(=O)N4C[C@H](O)C[C@H]4C(=O)NCc4ccc(-c5scnc5C)cc4)C(C)(C)C)nn3)c3cc(C)c(Nc4nc5ccccc5s4)nn3)nc2C(=O)O)c(F)c1. The molecule has 6 heterocycles. The van der Waals surface area contributed by atoms with Crippen molar-refractivity contribution in [3.8, 4) is 28.0 Å². The van der Waals surface area contributed by atoms with Crippen LogP contribution in [0.4, 0.5) is 26.3 Å². The number of β-amino-alcohol motifs (C(OH)–C–C–N with tert-alkyl or cyclic N) is 1. The fourth-order valence-corrected chi connectivity index (χ4v) is 13.3. The predicted octanol–water partition coefficient (Wildman–Crippen LogP) is 8.09. The number of anilines is 4. The molecular weight excluding hydrogens is 1330 g/mol. The normalized spacial score (nSPS) is 14.1. The standard InChI is InChI=1S/C69H85FN14O12S3/c1-45-38-58(79-80-63(45)77-67-74-53-14-7-8-15-56(53)98-67)83(68-76-60(66(89)90)57(99-68)16-11-27-96-55-22-19-47(39-52(55)70)12-9-24-71-6)25-10-13-50-42-82(81-78-50)26-29-92-31-33-94-35-37-95-36-34-93-32-30-91-28-23-59(86)75-62(69(3,4)5)65(88)84-43-51(85)40-54(84)64(87)72-41-48-17-20-49(21-18-48)61-46(2)73-44-97-61/h7-8,14-15,17-22,38-39,42,44,51,54,62,71,85H,10-11,13,16,23-37,40-41,43H2,1-6H3,(H,72,87)(H,75,86)(H,89,90)(H,74,77,80)/t51-,54+,62-/m1/s1. The Kier molecular flexibility index (Phi) is 28.4. The number of ether oxygens (including phenoxy) is 6. The van der Waals surface area contributed by atoms with E-state index in [0.717, 1.165) is 43.2 Å². The predicted molar refractivity (Wildman–Crippen MR) is 375 cm³/mol. The Labute approximate surface area is 586 Å². The molecule has 0 spiro atoms. The van der Waals surface area contributed by atoms with E-state index in [2.05, 4.69) is 68.6 Å². The zero-order chi connectivity index (χ0) is 70.1. The maximum Gasteiger partial charge on any atom is 0.355 e. The number of hydrogen-bond donors (Lipinski definition) is 6. The number of aromatic nitrogens is 8. The van der Waals surface area contributed by atoms with Gasteiger partial charge in [0, 0.05) is 49.1 Å². The van der Waals surface area contributed by atoms with Gasteiger partial charge in [-0.15, -0.1) is 38.0 Å². The van der Waals surface area contributed by atoms with Crippen molar-refractivity contribution in [3.05, 3.63) is 129 Å². The van der Waals surface area contributed by atoms with Crippen molar-refractivity contribution in [2.75, 3.05) is 110 Å². The van der Waals surface area contributed by atoms with Crippen LogP contribution in [0.3, 0.4) is 0 Å². The number of likely N-dealkylation sites (tertiary alicyclic amines) is 1. The van der Waals surface area contributed by atoms with Crippen LogP contribution in [-0.4, -0.2) is 196 Å². The number of aliphatic hydroxyl groups excluding tert-OH is 1. The monoisotopic (exact) mass is 1420 g/mol. The van der Waals surface area contributed by atoms with Crippen molar-refractivity contribution in [2.45, 2.75) is 104 Å². The molecule has 6 N–H and O–H groups in total. The molecule has 1 fully saturated rings. The minimum atomic E-state index is -1.17. The van der Waals surface area contributed by atoms with Crippen molar-refractivity contribution in [1.82, 2.24) is 61.0 Å². The van der Waals surface area contributed by atoms with Crippen LogP contribution in [0.1, 0.15) is 89.9 Å². The topological polar surface area (TPSA) is 314 Å². The van der Waals surface area contributed by atoms with E-state index in [1.807, 2.05) is 106 Å². The minimum Gasteiger partial charge on any atom is -0.491 e. The Morgan fingerprint density at radius 1 is 0.838 bits per heavy atom. The van der Waals surface area contributed by atoms with Crippen LogP contribution in [-0.2, 0) is 64.0 Å². The molecule has 5 aromatic heterocycles. The van der Waals surface area contributed by atoms with Gasteiger partial charge < -0.3 is 69.7 Å². The summed E-state index contributed by atoms with van der Waals surface area (Å²) in [5.41, 5.74) is 6.85. The number of carboxylic acids is 1. The number of benzene rings is 3. The van der Waals surface area contributed by atoms with Crippen LogP contribution < -0.4 is 30.9 Å². The summed E-state index contributed by atoms with van der Waals surface area (Å²) in [7, 11) is 1.78. The van der Waals surface area contributed by atoms with Gasteiger partial charge in [0.05, 0.1) is 124 Å². The first kappa shape index (κ1) is 74.7. The van der Waals surface area contributed by atoms with Gasteiger partial charge in [-0.25, -0.2) is 28.8 Å². The molecule has 30 heteroatoms. The van der Waals surface area contributed by atoms with Gasteiger partial charge in [-0.1, -0.05) is 85.6 Å². The maximum absolute atomic E-state index is 14.9. The Morgan fingerprint density at radius 3 is 2.24 bits per heavy atom. The highest BCUT2D eigenvalue weighted by atomic mass is 32.1. The molecule has 26 nitrogen and oxygen atoms in total. The van der Waals surface area contributed by atoms with E-state index in [1.54, 1.807) is 29.1 Å². The Hall–Kier alpha value is -8.48. The summed E-state index contributed by atoms with van der Waals surface area (Å²) in [6.07, 6.45) is 2.92. The summed E-state index contributed by atoms with van der Waals surface area (Å²) in [6, 6.07) is 20.3. The molecule has 3 atom stereocenters. The molecule has 1 aliphatic rings. The third kappa shape index (κ3) is 22.5. The number of hydrogen-bond acceptors (Lipinski definition) is 24. The minimum absolute atomic E-state index is 0.00608. The van der Waals surface area contributed by atoms with Crippen LogP contribution in [0.25, 0.3) is 20.7 Å². The Bertz CT molecular complexity index is 3970. The van der Waals surface area contributed by atoms with E-state index >= 15 is 0 Å². The van der Waals surface area contributed by atoms with Gasteiger partial charge in [-0.05, 0) is 105 Å². The zero-order valence-corrected chi connectivity index (χ0v) is 58.9. The number of carbonyl (C=O) groups is 4. The molecule has 8 aromatic rings. The third-order valence-corrected chi connectivity index (χ3v) is 18.7. The second kappa shape index (κ2) is 37.6. The summed E-state index contributed by atoms with van der Waals surface area (Å²) in [5, 5.41) is 51.9. The molecule has 3 aromatic carbocycles. The first-order valence-corrected chi connectivity index (χ1v) is 35.3. The van der Waals surface area contributed by atoms with E-state index in [9.17, 15) is 33.8 Å². The molecule has 0 unspecified atom stereocenters. The number of thiazole rings is 3. The lowest BCUT2D eigenvalue weighted by molar-refractivity contribution is -0.144. The molecule has 0 saturated carbocycles. The lowest BCUT2D eigenvalue weighted by Crippen LogP contribution is -2.57. The number of nitrogens with zero attached hydrogens (tertiary/aromatic N) is 10. The van der Waals surface area contributed by atoms with Crippen molar-refractivity contribution in [1.29, 1.82) is 0 Å². The molecule has 99 heavy (non-hydrogen) atoms. The number of carboxylic acid groups (broad SMARTS) is 1. The molecule has 3 amide bonds. The first-order valence-electron chi connectivity index (χ1n) is 32.8. The molecule has 0 aliphatic carbocycles. The van der Waals surface area contributed by atoms with Crippen LogP contribution >= 0.6 is 34.0 Å². The summed E-state index contributed by atoms with van der Waals surface area (Å²) in [5.74, 6) is 3.99. The molecule has 0 bridgehead atoms. The van der Waals surface area contributed by atoms with E-state index in [0.29, 0.717) is 131 Å². The summed E-state index contributed by atoms with van der Waals surface area (Å²) in [4.78, 5) is 71.7. The van der Waals surface area contributed by atoms with Gasteiger partial charge in [0.15, 0.2) is 39.2 Å². The molecule has 9 rings (SSSR count). The number of carbonyl (C=O) groups excluding carboxylic acids is 3. The number of fused-ring (bicyclic) bond motifs is 1. The fourth-order valence-electron chi connectivity index (χ4n) is 10.5. The van der Waals surface area contributed by atoms with Crippen LogP contribution in [0, 0.1) is 36.9 Å². The van der Waals surface area contributed by atoms with Crippen molar-refractivity contribution < 1.29 is 62.2 Å². The van der Waals surface area contributed by atoms with E-state index < -0.39 is 41.3 Å². The largest absolute Gasteiger partial charge is 0.491 e. The first-order chi connectivity index (χ1) is 47.9. The van der Waals surface area contributed by atoms with Gasteiger partial charge in [0.1, 0.15) is 12.1 Å². The average Bonchev–Trinajstić information content (AvgIpc) is 1.71. The second-order valence-electron chi connectivity index (χ2n) is 24.3. The Morgan fingerprint density at radius 2 is 1.57 bits per heavy atom. The van der Waals surface area contributed by atoms with Crippen LogP contribution in [0.2, 0.25) is 0 Å². The lowest BCUT2D eigenvalue weighted by Gasteiger charge is -2.35. The highest BCUT2D eigenvalue weighted by Gasteiger charge is 2.44. The lowest BCUT2D eigenvalue weighted by atomic mass is 9.85. The third-order valence-electron chi connectivity index (χ3n) is 15.7. The van der Waals surface area contributed by atoms with Gasteiger partial charge in [0.25, 0.3) is 0 Å². The van der Waals surface area contributed by atoms with Crippen molar-refractivity contribution in [3.63, 3.8) is 0 Å². The number of para-hydroxylation sites is 1.